The Kier molecular flexibility index (Phi) is 13.2. The molecule has 2 aromatic carbocycles. The number of anilines is 1. The van der Waals surface area contributed by atoms with E-state index in [0.717, 1.165) is 5.56 Å². The van der Waals surface area contributed by atoms with Crippen molar-refractivity contribution in [2.45, 2.75) is 50.2 Å². The number of nitrogens with one attached hydrogen (secondary N) is 3. The topological polar surface area (TPSA) is 220 Å². The van der Waals surface area contributed by atoms with Gasteiger partial charge in [-0.3, -0.25) is 34.4 Å². The molecule has 2 aliphatic heterocycles. The van der Waals surface area contributed by atoms with Crippen LogP contribution in [0.1, 0.15) is 52.7 Å². The summed E-state index contributed by atoms with van der Waals surface area (Å²) >= 11 is 0. The van der Waals surface area contributed by atoms with E-state index in [4.69, 9.17) is 4.74 Å². The molecule has 17 heteroatoms. The van der Waals surface area contributed by atoms with Gasteiger partial charge in [-0.1, -0.05) is 48.0 Å². The number of aryl methyl sites for hydroxylation is 1. The number of hydrazone groups is 1. The fraction of sp³-hybridized carbons (Fsp3) is 0.389. The third-order valence-electron chi connectivity index (χ3n) is 9.32. The Labute approximate surface area is 307 Å². The maximum Gasteiger partial charge on any atom is 0.295 e. The number of rotatable bonds is 13. The molecule has 0 radical (unpaired) electrons. The van der Waals surface area contributed by atoms with Gasteiger partial charge in [-0.05, 0) is 49.9 Å². The molecular formula is C36H43N7O9S. The van der Waals surface area contributed by atoms with Gasteiger partial charge in [0, 0.05) is 50.9 Å². The third kappa shape index (κ3) is 10.7. The lowest BCUT2D eigenvalue weighted by Gasteiger charge is -2.40. The van der Waals surface area contributed by atoms with E-state index in [1.807, 2.05) is 31.2 Å². The minimum Gasteiger partial charge on any atom is -0.373 e. The van der Waals surface area contributed by atoms with E-state index in [0.29, 0.717) is 32.5 Å². The number of hydrogen-bond acceptors (Lipinski definition) is 11. The number of ether oxygens (including phenoxy) is 1. The average molecular weight is 750 g/mol. The van der Waals surface area contributed by atoms with Crippen LogP contribution in [0, 0.1) is 18.8 Å². The molecule has 0 bridgehead atoms. The minimum absolute atomic E-state index is 0.00574. The van der Waals surface area contributed by atoms with E-state index in [1.165, 1.54) is 53.2 Å². The summed E-state index contributed by atoms with van der Waals surface area (Å²) in [7, 11) is -4.43. The molecular weight excluding hydrogens is 707 g/mol. The predicted molar refractivity (Wildman–Crippen MR) is 192 cm³/mol. The summed E-state index contributed by atoms with van der Waals surface area (Å²) in [4.78, 5) is 59.0. The van der Waals surface area contributed by atoms with Crippen molar-refractivity contribution in [1.29, 1.82) is 0 Å². The Morgan fingerprint density at radius 2 is 1.68 bits per heavy atom. The number of carbonyl (C=O) groups excluding carboxylic acids is 4. The van der Waals surface area contributed by atoms with E-state index in [9.17, 15) is 37.4 Å². The molecule has 5 rings (SSSR count). The van der Waals surface area contributed by atoms with Crippen LogP contribution >= 0.6 is 0 Å². The number of hydroxylamine groups is 1. The number of hydrogen-bond donors (Lipinski definition) is 5. The molecule has 282 valence electrons. The second-order valence-electron chi connectivity index (χ2n) is 13.0. The second kappa shape index (κ2) is 18.0. The van der Waals surface area contributed by atoms with Gasteiger partial charge >= 0.3 is 0 Å². The van der Waals surface area contributed by atoms with Gasteiger partial charge in [0.1, 0.15) is 10.7 Å². The number of nitrogens with zero attached hydrogens (tertiary/aromatic N) is 4. The standard InChI is InChI=1S/C36H43N7O9S/c1-24-6-8-25(9-7-24)23-52-28-13-17-42(18-14-28)36(47)29-15-19-43(22-30(29)35(46)41-48)33(44)12-16-37-34(45)27-10-11-32(38-20-27)40-39-21-26-4-2-3-5-31(26)53(49,50)51/h2-11,20-21,28-30,48H,12-19,22-23H2,1H3,(H,37,45)(H,38,40)(H,41,46)(H,49,50,51)/b39-21-/t29-,30-/m0/s1. The first-order chi connectivity index (χ1) is 25.4. The van der Waals surface area contributed by atoms with Gasteiger partial charge in [-0.2, -0.15) is 13.5 Å². The summed E-state index contributed by atoms with van der Waals surface area (Å²) in [6, 6.07) is 16.9. The van der Waals surface area contributed by atoms with E-state index in [-0.39, 0.29) is 72.2 Å². The van der Waals surface area contributed by atoms with Gasteiger partial charge in [0.25, 0.3) is 16.0 Å². The zero-order valence-corrected chi connectivity index (χ0v) is 30.0. The molecule has 2 atom stereocenters. The van der Waals surface area contributed by atoms with Gasteiger partial charge in [0.15, 0.2) is 0 Å². The average Bonchev–Trinajstić information content (AvgIpc) is 3.17. The number of aromatic nitrogens is 1. The van der Waals surface area contributed by atoms with Crippen LogP contribution in [0.15, 0.2) is 76.9 Å². The van der Waals surface area contributed by atoms with Crippen LogP contribution in [0.5, 0.6) is 0 Å². The first kappa shape index (κ1) is 39.0. The summed E-state index contributed by atoms with van der Waals surface area (Å²) in [5.41, 5.74) is 6.91. The van der Waals surface area contributed by atoms with Crippen molar-refractivity contribution in [1.82, 2.24) is 25.6 Å². The number of benzene rings is 2. The fourth-order valence-corrected chi connectivity index (χ4v) is 7.00. The van der Waals surface area contributed by atoms with Crippen molar-refractivity contribution in [3.63, 3.8) is 0 Å². The largest absolute Gasteiger partial charge is 0.373 e. The first-order valence-corrected chi connectivity index (χ1v) is 18.6. The van der Waals surface area contributed by atoms with Crippen molar-refractivity contribution < 1.29 is 42.1 Å². The molecule has 16 nitrogen and oxygen atoms in total. The second-order valence-corrected chi connectivity index (χ2v) is 14.3. The van der Waals surface area contributed by atoms with Crippen LogP contribution in [0.2, 0.25) is 0 Å². The normalized spacial score (nSPS) is 18.1. The number of carbonyl (C=O) groups is 4. The molecule has 0 spiro atoms. The smallest absolute Gasteiger partial charge is 0.295 e. The van der Waals surface area contributed by atoms with Crippen LogP contribution in [0.25, 0.3) is 0 Å². The highest BCUT2D eigenvalue weighted by Crippen LogP contribution is 2.28. The summed E-state index contributed by atoms with van der Waals surface area (Å²) in [6.07, 6.45) is 4.05. The Hall–Kier alpha value is -5.23. The Morgan fingerprint density at radius 1 is 0.962 bits per heavy atom. The summed E-state index contributed by atoms with van der Waals surface area (Å²) in [5.74, 6) is -3.08. The Balaban J connectivity index is 1.05. The lowest BCUT2D eigenvalue weighted by atomic mass is 9.83. The molecule has 2 fully saturated rings. The maximum absolute atomic E-state index is 13.6. The van der Waals surface area contributed by atoms with Gasteiger partial charge in [0.05, 0.1) is 36.3 Å². The highest BCUT2D eigenvalue weighted by atomic mass is 32.2. The predicted octanol–water partition coefficient (Wildman–Crippen LogP) is 2.38. The number of pyridine rings is 1. The summed E-state index contributed by atoms with van der Waals surface area (Å²) in [5, 5.41) is 16.0. The zero-order chi connectivity index (χ0) is 38.0. The molecule has 1 aromatic heterocycles. The van der Waals surface area contributed by atoms with Crippen LogP contribution in [0.3, 0.4) is 0 Å². The SMILES string of the molecule is Cc1ccc(COC2CCN(C(=O)[C@H]3CCN(C(=O)CCNC(=O)c4ccc(N/N=C\c5ccccc5S(=O)(=O)O)nc4)C[C@@H]3C(=O)NO)CC2)cc1. The molecule has 4 amide bonds. The van der Waals surface area contributed by atoms with Crippen molar-refractivity contribution in [2.24, 2.45) is 16.9 Å². The summed E-state index contributed by atoms with van der Waals surface area (Å²) < 4.78 is 38.5. The molecule has 3 heterocycles. The number of amides is 4. The lowest BCUT2D eigenvalue weighted by molar-refractivity contribution is -0.152. The molecule has 2 saturated heterocycles. The van der Waals surface area contributed by atoms with Crippen molar-refractivity contribution in [2.75, 3.05) is 38.1 Å². The summed E-state index contributed by atoms with van der Waals surface area (Å²) in [6.45, 7) is 3.70. The van der Waals surface area contributed by atoms with Crippen LogP contribution in [-0.4, -0.2) is 102 Å². The first-order valence-electron chi connectivity index (χ1n) is 17.2. The van der Waals surface area contributed by atoms with E-state index >= 15 is 0 Å². The molecule has 2 aliphatic rings. The van der Waals surface area contributed by atoms with E-state index < -0.39 is 33.8 Å². The van der Waals surface area contributed by atoms with Crippen molar-refractivity contribution in [3.05, 3.63) is 89.1 Å². The number of piperidine rings is 2. The third-order valence-corrected chi connectivity index (χ3v) is 10.2. The Morgan fingerprint density at radius 3 is 2.36 bits per heavy atom. The van der Waals surface area contributed by atoms with Crippen LogP contribution in [0.4, 0.5) is 5.82 Å². The molecule has 0 saturated carbocycles. The highest BCUT2D eigenvalue weighted by Gasteiger charge is 2.42. The van der Waals surface area contributed by atoms with E-state index in [2.05, 4.69) is 20.8 Å². The molecule has 0 aliphatic carbocycles. The van der Waals surface area contributed by atoms with Gasteiger partial charge in [-0.15, -0.1) is 0 Å². The molecule has 5 N–H and O–H groups in total. The van der Waals surface area contributed by atoms with E-state index in [1.54, 1.807) is 16.4 Å². The minimum atomic E-state index is -4.43. The van der Waals surface area contributed by atoms with Crippen LogP contribution < -0.4 is 16.2 Å². The molecule has 0 unspecified atom stereocenters. The van der Waals surface area contributed by atoms with Gasteiger partial charge in [-0.25, -0.2) is 10.5 Å². The monoisotopic (exact) mass is 749 g/mol. The van der Waals surface area contributed by atoms with Gasteiger partial charge < -0.3 is 19.9 Å². The van der Waals surface area contributed by atoms with Gasteiger partial charge in [0.2, 0.25) is 17.7 Å². The molecule has 53 heavy (non-hydrogen) atoms. The Bertz CT molecular complexity index is 1900. The van der Waals surface area contributed by atoms with Crippen molar-refractivity contribution in [3.8, 4) is 0 Å². The lowest BCUT2D eigenvalue weighted by Crippen LogP contribution is -2.54. The van der Waals surface area contributed by atoms with Crippen LogP contribution in [-0.2, 0) is 35.8 Å². The zero-order valence-electron chi connectivity index (χ0n) is 29.2. The maximum atomic E-state index is 13.6. The number of likely N-dealkylation sites (tertiary alicyclic amines) is 2. The highest BCUT2D eigenvalue weighted by molar-refractivity contribution is 7.86. The fourth-order valence-electron chi connectivity index (χ4n) is 6.33. The quantitative estimate of drug-likeness (QED) is 0.0739. The van der Waals surface area contributed by atoms with Crippen molar-refractivity contribution >= 4 is 45.8 Å². The molecule has 3 aromatic rings.